The van der Waals surface area contributed by atoms with Gasteiger partial charge in [-0.3, -0.25) is 13.9 Å². The Hall–Kier alpha value is -4.25. The number of hydrogen-bond acceptors (Lipinski definition) is 7. The first kappa shape index (κ1) is 31.3. The Kier molecular flexibility index (Phi) is 11.0. The molecule has 3 aromatic carbocycles. The van der Waals surface area contributed by atoms with Gasteiger partial charge in [0.05, 0.1) is 31.9 Å². The van der Waals surface area contributed by atoms with Gasteiger partial charge in [-0.2, -0.15) is 0 Å². The largest absolute Gasteiger partial charge is 0.497 e. The Labute approximate surface area is 241 Å². The molecule has 11 heteroatoms. The van der Waals surface area contributed by atoms with Crippen molar-refractivity contribution in [3.63, 3.8) is 0 Å². The number of likely N-dealkylation sites (N-methyl/N-ethyl adjacent to an activating group) is 1. The monoisotopic (exact) mass is 583 g/mol. The normalized spacial score (nSPS) is 11.7. The van der Waals surface area contributed by atoms with Crippen molar-refractivity contribution in [1.82, 2.24) is 10.2 Å². The van der Waals surface area contributed by atoms with Crippen LogP contribution in [0.15, 0.2) is 77.7 Å². The predicted octanol–water partition coefficient (Wildman–Crippen LogP) is 3.85. The first-order valence-corrected chi connectivity index (χ1v) is 14.6. The highest BCUT2D eigenvalue weighted by Gasteiger charge is 2.34. The van der Waals surface area contributed by atoms with Gasteiger partial charge in [-0.25, -0.2) is 8.42 Å². The van der Waals surface area contributed by atoms with Crippen LogP contribution in [0.4, 0.5) is 5.69 Å². The predicted molar refractivity (Wildman–Crippen MR) is 157 cm³/mol. The van der Waals surface area contributed by atoms with Gasteiger partial charge in [0.15, 0.2) is 11.5 Å². The van der Waals surface area contributed by atoms with E-state index >= 15 is 0 Å². The number of carbonyl (C=O) groups excluding carboxylic acids is 2. The molecule has 1 unspecified atom stereocenters. The summed E-state index contributed by atoms with van der Waals surface area (Å²) in [5, 5.41) is 2.79. The Bertz CT molecular complexity index is 1410. The van der Waals surface area contributed by atoms with Gasteiger partial charge in [0.1, 0.15) is 18.3 Å². The van der Waals surface area contributed by atoms with Crippen LogP contribution in [0.1, 0.15) is 25.8 Å². The van der Waals surface area contributed by atoms with Gasteiger partial charge in [-0.05, 0) is 55.3 Å². The fraction of sp³-hybridized carbons (Fsp3) is 0.333. The van der Waals surface area contributed by atoms with Crippen LogP contribution >= 0.6 is 0 Å². The molecule has 0 aliphatic rings. The number of amides is 2. The quantitative estimate of drug-likeness (QED) is 0.307. The van der Waals surface area contributed by atoms with E-state index in [0.29, 0.717) is 30.2 Å². The Morgan fingerprint density at radius 1 is 0.854 bits per heavy atom. The van der Waals surface area contributed by atoms with Crippen LogP contribution < -0.4 is 23.8 Å². The molecule has 1 atom stereocenters. The lowest BCUT2D eigenvalue weighted by molar-refractivity contribution is -0.140. The van der Waals surface area contributed by atoms with Gasteiger partial charge < -0.3 is 24.4 Å². The lowest BCUT2D eigenvalue weighted by Crippen LogP contribution is -2.52. The molecular weight excluding hydrogens is 546 g/mol. The Morgan fingerprint density at radius 3 is 2.07 bits per heavy atom. The molecule has 2 amide bonds. The number of benzene rings is 3. The summed E-state index contributed by atoms with van der Waals surface area (Å²) in [6.07, 6.45) is 0.335. The summed E-state index contributed by atoms with van der Waals surface area (Å²) in [6.45, 7) is 3.56. The summed E-state index contributed by atoms with van der Waals surface area (Å²) in [7, 11) is 0.176. The van der Waals surface area contributed by atoms with Crippen molar-refractivity contribution in [1.29, 1.82) is 0 Å². The molecule has 41 heavy (non-hydrogen) atoms. The van der Waals surface area contributed by atoms with Crippen molar-refractivity contribution >= 4 is 27.5 Å². The zero-order valence-electron chi connectivity index (χ0n) is 24.0. The van der Waals surface area contributed by atoms with Crippen LogP contribution in [0.2, 0.25) is 0 Å². The van der Waals surface area contributed by atoms with Crippen molar-refractivity contribution < 1.29 is 32.2 Å². The summed E-state index contributed by atoms with van der Waals surface area (Å²) in [5.41, 5.74) is 1.06. The van der Waals surface area contributed by atoms with Gasteiger partial charge in [0.25, 0.3) is 10.0 Å². The fourth-order valence-corrected chi connectivity index (χ4v) is 5.80. The molecule has 220 valence electrons. The number of ether oxygens (including phenoxy) is 3. The van der Waals surface area contributed by atoms with E-state index in [2.05, 4.69) is 5.32 Å². The molecule has 0 aromatic heterocycles. The van der Waals surface area contributed by atoms with Crippen molar-refractivity contribution in [2.24, 2.45) is 0 Å². The highest BCUT2D eigenvalue weighted by atomic mass is 32.2. The maximum absolute atomic E-state index is 14.0. The van der Waals surface area contributed by atoms with E-state index < -0.39 is 28.5 Å². The number of hydrogen-bond donors (Lipinski definition) is 1. The smallest absolute Gasteiger partial charge is 0.264 e. The summed E-state index contributed by atoms with van der Waals surface area (Å²) < 4.78 is 44.9. The maximum atomic E-state index is 14.0. The van der Waals surface area contributed by atoms with E-state index in [1.807, 2.05) is 6.92 Å². The average Bonchev–Trinajstić information content (AvgIpc) is 3.00. The second-order valence-corrected chi connectivity index (χ2v) is 10.9. The number of anilines is 1. The standard InChI is InChI=1S/C30H37N3O7S/c1-6-26(30(35)31-7-2)32(20-22-13-15-24(38-3)16-14-22)29(34)21-33(23-11-9-8-10-12-23)41(36,37)25-17-18-27(39-4)28(19-25)40-5/h8-19,26H,6-7,20-21H2,1-5H3,(H,31,35). The number of carbonyl (C=O) groups is 2. The summed E-state index contributed by atoms with van der Waals surface area (Å²) in [4.78, 5) is 28.4. The molecule has 0 aliphatic carbocycles. The van der Waals surface area contributed by atoms with Gasteiger partial charge in [0, 0.05) is 19.2 Å². The van der Waals surface area contributed by atoms with Crippen LogP contribution in [-0.2, 0) is 26.2 Å². The van der Waals surface area contributed by atoms with E-state index in [-0.39, 0.29) is 23.1 Å². The molecule has 0 saturated carbocycles. The number of sulfonamides is 1. The molecule has 3 rings (SSSR count). The van der Waals surface area contributed by atoms with Gasteiger partial charge in [-0.15, -0.1) is 0 Å². The summed E-state index contributed by atoms with van der Waals surface area (Å²) >= 11 is 0. The van der Waals surface area contributed by atoms with Crippen molar-refractivity contribution in [2.45, 2.75) is 37.8 Å². The molecule has 0 radical (unpaired) electrons. The minimum Gasteiger partial charge on any atom is -0.497 e. The molecule has 10 nitrogen and oxygen atoms in total. The molecule has 0 aliphatic heterocycles. The van der Waals surface area contributed by atoms with Crippen LogP contribution in [0.5, 0.6) is 17.2 Å². The minimum absolute atomic E-state index is 0.0794. The van der Waals surface area contributed by atoms with Gasteiger partial charge >= 0.3 is 0 Å². The third-order valence-corrected chi connectivity index (χ3v) is 8.28. The molecule has 1 N–H and O–H groups in total. The van der Waals surface area contributed by atoms with Crippen molar-refractivity contribution in [3.05, 3.63) is 78.4 Å². The Morgan fingerprint density at radius 2 is 1.51 bits per heavy atom. The second kappa shape index (κ2) is 14.4. The third kappa shape index (κ3) is 7.49. The van der Waals surface area contributed by atoms with Crippen LogP contribution in [0, 0.1) is 0 Å². The zero-order valence-corrected chi connectivity index (χ0v) is 24.8. The maximum Gasteiger partial charge on any atom is 0.264 e. The van der Waals surface area contributed by atoms with Gasteiger partial charge in [0.2, 0.25) is 11.8 Å². The van der Waals surface area contributed by atoms with Crippen LogP contribution in [-0.4, -0.2) is 65.6 Å². The SMILES string of the molecule is CCNC(=O)C(CC)N(Cc1ccc(OC)cc1)C(=O)CN(c1ccccc1)S(=O)(=O)c1ccc(OC)c(OC)c1. The number of rotatable bonds is 14. The molecule has 0 saturated heterocycles. The number of para-hydroxylation sites is 1. The van der Waals surface area contributed by atoms with Crippen LogP contribution in [0.3, 0.4) is 0 Å². The van der Waals surface area contributed by atoms with Crippen LogP contribution in [0.25, 0.3) is 0 Å². The highest BCUT2D eigenvalue weighted by molar-refractivity contribution is 7.92. The molecule has 3 aromatic rings. The van der Waals surface area contributed by atoms with E-state index in [1.54, 1.807) is 68.6 Å². The van der Waals surface area contributed by atoms with E-state index in [4.69, 9.17) is 14.2 Å². The van der Waals surface area contributed by atoms with E-state index in [0.717, 1.165) is 9.87 Å². The molecule has 0 heterocycles. The summed E-state index contributed by atoms with van der Waals surface area (Å²) in [5.74, 6) is 0.403. The Balaban J connectivity index is 2.06. The average molecular weight is 584 g/mol. The molecular formula is C30H37N3O7S. The molecule has 0 bridgehead atoms. The third-order valence-electron chi connectivity index (χ3n) is 6.51. The summed E-state index contributed by atoms with van der Waals surface area (Å²) in [6, 6.07) is 18.9. The lowest BCUT2D eigenvalue weighted by atomic mass is 10.1. The minimum atomic E-state index is -4.25. The van der Waals surface area contributed by atoms with Gasteiger partial charge in [-0.1, -0.05) is 37.3 Å². The molecule has 0 spiro atoms. The zero-order chi connectivity index (χ0) is 30.0. The molecule has 0 fully saturated rings. The first-order valence-electron chi connectivity index (χ1n) is 13.2. The number of nitrogens with one attached hydrogen (secondary N) is 1. The fourth-order valence-electron chi connectivity index (χ4n) is 4.37. The highest BCUT2D eigenvalue weighted by Crippen LogP contribution is 2.32. The first-order chi connectivity index (χ1) is 19.7. The number of nitrogens with zero attached hydrogens (tertiary/aromatic N) is 2. The topological polar surface area (TPSA) is 114 Å². The number of methoxy groups -OCH3 is 3. The lowest BCUT2D eigenvalue weighted by Gasteiger charge is -2.33. The van der Waals surface area contributed by atoms with E-state index in [9.17, 15) is 18.0 Å². The van der Waals surface area contributed by atoms with Crippen molar-refractivity contribution in [3.8, 4) is 17.2 Å². The second-order valence-electron chi connectivity index (χ2n) is 9.05. The van der Waals surface area contributed by atoms with Crippen molar-refractivity contribution in [2.75, 3.05) is 38.7 Å². The van der Waals surface area contributed by atoms with E-state index in [1.165, 1.54) is 37.3 Å².